The van der Waals surface area contributed by atoms with Gasteiger partial charge in [-0.05, 0) is 32.5 Å². The van der Waals surface area contributed by atoms with E-state index < -0.39 is 0 Å². The molecule has 2 N–H and O–H groups in total. The summed E-state index contributed by atoms with van der Waals surface area (Å²) in [6, 6.07) is 0.492. The lowest BCUT2D eigenvalue weighted by molar-refractivity contribution is 0.591. The second-order valence-corrected chi connectivity index (χ2v) is 3.10. The van der Waals surface area contributed by atoms with Gasteiger partial charge < -0.3 is 10.6 Å². The minimum atomic E-state index is 0.492. The van der Waals surface area contributed by atoms with Crippen LogP contribution in [0.5, 0.6) is 0 Å². The minimum absolute atomic E-state index is 0.492. The Kier molecular flexibility index (Phi) is 6.22. The second-order valence-electron chi connectivity index (χ2n) is 2.69. The molecule has 2 nitrogen and oxygen atoms in total. The quantitative estimate of drug-likeness (QED) is 0.634. The Hall–Kier alpha value is -0.310. The van der Waals surface area contributed by atoms with E-state index in [1.165, 1.54) is 12.8 Å². The summed E-state index contributed by atoms with van der Waals surface area (Å²) in [5, 5.41) is 7.03. The van der Waals surface area contributed by atoms with Gasteiger partial charge in [0.25, 0.3) is 0 Å². The molecule has 0 fully saturated rings. The highest BCUT2D eigenvalue weighted by Crippen LogP contribution is 1.93. The molecule has 1 atom stereocenters. The normalized spacial score (nSPS) is 12.3. The van der Waals surface area contributed by atoms with Crippen LogP contribution in [0.4, 0.5) is 0 Å². The van der Waals surface area contributed by atoms with Crippen LogP contribution in [-0.2, 0) is 0 Å². The van der Waals surface area contributed by atoms with Gasteiger partial charge in [-0.3, -0.25) is 0 Å². The van der Waals surface area contributed by atoms with Gasteiger partial charge in [-0.2, -0.15) is 0 Å². The van der Waals surface area contributed by atoms with Crippen LogP contribution in [0.1, 0.15) is 33.6 Å². The van der Waals surface area contributed by atoms with Crippen molar-refractivity contribution in [3.05, 3.63) is 0 Å². The van der Waals surface area contributed by atoms with Crippen molar-refractivity contribution in [3.63, 3.8) is 0 Å². The molecular weight excluding hydrogens is 156 g/mol. The Morgan fingerprint density at radius 3 is 2.55 bits per heavy atom. The third-order valence-corrected chi connectivity index (χ3v) is 1.70. The number of thiocarbonyl (C=S) groups is 1. The molecule has 0 radical (unpaired) electrons. The molecule has 0 saturated heterocycles. The van der Waals surface area contributed by atoms with Gasteiger partial charge in [-0.25, -0.2) is 0 Å². The summed E-state index contributed by atoms with van der Waals surface area (Å²) in [4.78, 5) is 0. The van der Waals surface area contributed by atoms with Crippen LogP contribution in [0.3, 0.4) is 0 Å². The third kappa shape index (κ3) is 6.10. The van der Waals surface area contributed by atoms with Crippen molar-refractivity contribution in [1.82, 2.24) is 10.6 Å². The molecule has 0 saturated carbocycles. The number of hydrogen-bond donors (Lipinski definition) is 2. The van der Waals surface area contributed by atoms with Crippen LogP contribution >= 0.6 is 12.2 Å². The number of nitrogens with one attached hydrogen (secondary N) is 2. The Morgan fingerprint density at radius 2 is 2.09 bits per heavy atom. The summed E-state index contributed by atoms with van der Waals surface area (Å²) in [7, 11) is 0. The lowest BCUT2D eigenvalue weighted by atomic mass is 10.2. The summed E-state index contributed by atoms with van der Waals surface area (Å²) in [5.74, 6) is 0. The fraction of sp³-hybridized carbons (Fsp3) is 0.875. The standard InChI is InChI=1S/C8H18N2S/c1-4-6-7(3)10-8(11)9-5-2/h7H,4-6H2,1-3H3,(H2,9,10,11). The van der Waals surface area contributed by atoms with Gasteiger partial charge in [-0.15, -0.1) is 0 Å². The lowest BCUT2D eigenvalue weighted by Crippen LogP contribution is -2.40. The van der Waals surface area contributed by atoms with Crippen molar-refractivity contribution in [2.75, 3.05) is 6.54 Å². The van der Waals surface area contributed by atoms with Crippen LogP contribution < -0.4 is 10.6 Å². The fourth-order valence-electron chi connectivity index (χ4n) is 0.941. The van der Waals surface area contributed by atoms with E-state index in [1.807, 2.05) is 6.92 Å². The predicted molar refractivity (Wildman–Crippen MR) is 53.8 cm³/mol. The van der Waals surface area contributed by atoms with Crippen LogP contribution in [0.15, 0.2) is 0 Å². The number of rotatable bonds is 4. The highest BCUT2D eigenvalue weighted by Gasteiger charge is 2.00. The molecule has 0 aromatic carbocycles. The van der Waals surface area contributed by atoms with Crippen LogP contribution in [0.25, 0.3) is 0 Å². The van der Waals surface area contributed by atoms with Crippen LogP contribution in [-0.4, -0.2) is 17.7 Å². The maximum atomic E-state index is 5.02. The lowest BCUT2D eigenvalue weighted by Gasteiger charge is -2.14. The maximum absolute atomic E-state index is 5.02. The Balaban J connectivity index is 3.40. The first-order valence-corrected chi connectivity index (χ1v) is 4.65. The first-order chi connectivity index (χ1) is 5.20. The summed E-state index contributed by atoms with van der Waals surface area (Å²) in [6.07, 6.45) is 2.37. The first-order valence-electron chi connectivity index (χ1n) is 4.25. The second kappa shape index (κ2) is 6.40. The predicted octanol–water partition coefficient (Wildman–Crippen LogP) is 1.66. The highest BCUT2D eigenvalue weighted by molar-refractivity contribution is 7.80. The highest BCUT2D eigenvalue weighted by atomic mass is 32.1. The van der Waals surface area contributed by atoms with Gasteiger partial charge in [0.15, 0.2) is 5.11 Å². The van der Waals surface area contributed by atoms with E-state index in [2.05, 4.69) is 24.5 Å². The zero-order valence-corrected chi connectivity index (χ0v) is 8.42. The molecule has 0 aromatic rings. The van der Waals surface area contributed by atoms with Gasteiger partial charge in [-0.1, -0.05) is 13.3 Å². The first kappa shape index (κ1) is 10.7. The van der Waals surface area contributed by atoms with E-state index in [1.54, 1.807) is 0 Å². The number of hydrogen-bond acceptors (Lipinski definition) is 1. The molecule has 0 aromatic heterocycles. The fourth-order valence-corrected chi connectivity index (χ4v) is 1.29. The van der Waals surface area contributed by atoms with Crippen LogP contribution in [0.2, 0.25) is 0 Å². The van der Waals surface area contributed by atoms with E-state index >= 15 is 0 Å². The zero-order valence-electron chi connectivity index (χ0n) is 7.61. The van der Waals surface area contributed by atoms with E-state index in [0.717, 1.165) is 11.7 Å². The summed E-state index contributed by atoms with van der Waals surface area (Å²) in [5.41, 5.74) is 0. The van der Waals surface area contributed by atoms with Crippen molar-refractivity contribution in [2.45, 2.75) is 39.7 Å². The molecule has 1 unspecified atom stereocenters. The largest absolute Gasteiger partial charge is 0.363 e. The van der Waals surface area contributed by atoms with E-state index in [-0.39, 0.29) is 0 Å². The summed E-state index contributed by atoms with van der Waals surface area (Å²) >= 11 is 5.02. The van der Waals surface area contributed by atoms with Crippen molar-refractivity contribution >= 4 is 17.3 Å². The zero-order chi connectivity index (χ0) is 8.69. The Labute approximate surface area is 74.8 Å². The van der Waals surface area contributed by atoms with E-state index in [0.29, 0.717) is 6.04 Å². The molecule has 11 heavy (non-hydrogen) atoms. The molecular formula is C8H18N2S. The maximum Gasteiger partial charge on any atom is 0.166 e. The molecule has 0 amide bonds. The van der Waals surface area contributed by atoms with Crippen molar-refractivity contribution in [2.24, 2.45) is 0 Å². The summed E-state index contributed by atoms with van der Waals surface area (Å²) < 4.78 is 0. The average molecular weight is 174 g/mol. The van der Waals surface area contributed by atoms with Crippen molar-refractivity contribution in [1.29, 1.82) is 0 Å². The average Bonchev–Trinajstić information content (AvgIpc) is 1.87. The van der Waals surface area contributed by atoms with Crippen LogP contribution in [0, 0.1) is 0 Å². The molecule has 0 aliphatic rings. The molecule has 0 rings (SSSR count). The van der Waals surface area contributed by atoms with Gasteiger partial charge in [0, 0.05) is 12.6 Å². The van der Waals surface area contributed by atoms with Gasteiger partial charge in [0.2, 0.25) is 0 Å². The minimum Gasteiger partial charge on any atom is -0.363 e. The topological polar surface area (TPSA) is 24.1 Å². The SMILES string of the molecule is CCCC(C)NC(=S)NCC. The molecule has 0 spiro atoms. The van der Waals surface area contributed by atoms with Gasteiger partial charge >= 0.3 is 0 Å². The molecule has 3 heteroatoms. The smallest absolute Gasteiger partial charge is 0.166 e. The van der Waals surface area contributed by atoms with Gasteiger partial charge in [0.1, 0.15) is 0 Å². The van der Waals surface area contributed by atoms with Crippen molar-refractivity contribution < 1.29 is 0 Å². The Morgan fingerprint density at radius 1 is 1.45 bits per heavy atom. The van der Waals surface area contributed by atoms with E-state index in [4.69, 9.17) is 12.2 Å². The molecule has 0 bridgehead atoms. The summed E-state index contributed by atoms with van der Waals surface area (Å²) in [6.45, 7) is 7.25. The monoisotopic (exact) mass is 174 g/mol. The molecule has 0 heterocycles. The Bertz CT molecular complexity index is 115. The van der Waals surface area contributed by atoms with Crippen molar-refractivity contribution in [3.8, 4) is 0 Å². The molecule has 0 aliphatic heterocycles. The van der Waals surface area contributed by atoms with E-state index in [9.17, 15) is 0 Å². The van der Waals surface area contributed by atoms with Gasteiger partial charge in [0.05, 0.1) is 0 Å². The molecule has 0 aliphatic carbocycles. The third-order valence-electron chi connectivity index (χ3n) is 1.44. The molecule has 66 valence electrons.